The third kappa shape index (κ3) is 5.18. The summed E-state index contributed by atoms with van der Waals surface area (Å²) >= 11 is 3.41. The quantitative estimate of drug-likeness (QED) is 0.720. The normalized spacial score (nSPS) is 12.1. The van der Waals surface area contributed by atoms with Gasteiger partial charge in [-0.05, 0) is 41.8 Å². The van der Waals surface area contributed by atoms with E-state index in [2.05, 4.69) is 22.9 Å². The Bertz CT molecular complexity index is 534. The van der Waals surface area contributed by atoms with Crippen LogP contribution in [0.4, 0.5) is 0 Å². The third-order valence-corrected chi connectivity index (χ3v) is 3.90. The average molecular weight is 349 g/mol. The molecule has 112 valence electrons. The number of halogens is 1. The maximum atomic E-state index is 10.3. The SMILES string of the molecule is CCCCOc1ccc(C(O)Cc2ccc(Br)cc2)cc1. The van der Waals surface area contributed by atoms with E-state index in [9.17, 15) is 5.11 Å². The first-order valence-corrected chi connectivity index (χ1v) is 8.13. The summed E-state index contributed by atoms with van der Waals surface area (Å²) in [6, 6.07) is 15.8. The second kappa shape index (κ2) is 8.20. The second-order valence-corrected chi connectivity index (χ2v) is 6.03. The van der Waals surface area contributed by atoms with Crippen molar-refractivity contribution in [1.82, 2.24) is 0 Å². The predicted molar refractivity (Wildman–Crippen MR) is 89.7 cm³/mol. The van der Waals surface area contributed by atoms with Gasteiger partial charge >= 0.3 is 0 Å². The van der Waals surface area contributed by atoms with Crippen molar-refractivity contribution < 1.29 is 9.84 Å². The summed E-state index contributed by atoms with van der Waals surface area (Å²) in [6.07, 6.45) is 2.32. The molecule has 2 rings (SSSR count). The molecule has 0 aliphatic heterocycles. The van der Waals surface area contributed by atoms with Crippen molar-refractivity contribution >= 4 is 15.9 Å². The fraction of sp³-hybridized carbons (Fsp3) is 0.333. The highest BCUT2D eigenvalue weighted by atomic mass is 79.9. The predicted octanol–water partition coefficient (Wildman–Crippen LogP) is 4.90. The topological polar surface area (TPSA) is 29.5 Å². The van der Waals surface area contributed by atoms with Crippen LogP contribution in [-0.2, 0) is 6.42 Å². The van der Waals surface area contributed by atoms with Crippen LogP contribution in [-0.4, -0.2) is 11.7 Å². The fourth-order valence-electron chi connectivity index (χ4n) is 2.08. The van der Waals surface area contributed by atoms with Crippen molar-refractivity contribution in [2.75, 3.05) is 6.61 Å². The number of aliphatic hydroxyl groups is 1. The first-order chi connectivity index (χ1) is 10.2. The van der Waals surface area contributed by atoms with Gasteiger partial charge in [-0.15, -0.1) is 0 Å². The van der Waals surface area contributed by atoms with Gasteiger partial charge in [0.25, 0.3) is 0 Å². The van der Waals surface area contributed by atoms with Crippen LogP contribution in [0.15, 0.2) is 53.0 Å². The van der Waals surface area contributed by atoms with E-state index in [0.29, 0.717) is 6.42 Å². The molecule has 0 saturated heterocycles. The number of aliphatic hydroxyl groups excluding tert-OH is 1. The molecule has 0 aromatic heterocycles. The molecule has 0 aliphatic rings. The molecule has 0 radical (unpaired) electrons. The Morgan fingerprint density at radius 2 is 1.71 bits per heavy atom. The highest BCUT2D eigenvalue weighted by molar-refractivity contribution is 9.10. The minimum Gasteiger partial charge on any atom is -0.494 e. The number of ether oxygens (including phenoxy) is 1. The second-order valence-electron chi connectivity index (χ2n) is 5.12. The number of rotatable bonds is 7. The lowest BCUT2D eigenvalue weighted by atomic mass is 10.0. The number of unbranched alkanes of at least 4 members (excludes halogenated alkanes) is 1. The van der Waals surface area contributed by atoms with Crippen LogP contribution in [0.3, 0.4) is 0 Å². The summed E-state index contributed by atoms with van der Waals surface area (Å²) in [4.78, 5) is 0. The van der Waals surface area contributed by atoms with Crippen LogP contribution in [0.1, 0.15) is 37.0 Å². The van der Waals surface area contributed by atoms with Crippen molar-refractivity contribution in [3.8, 4) is 5.75 Å². The van der Waals surface area contributed by atoms with Crippen molar-refractivity contribution in [1.29, 1.82) is 0 Å². The highest BCUT2D eigenvalue weighted by Crippen LogP contribution is 2.22. The van der Waals surface area contributed by atoms with Gasteiger partial charge in [0.2, 0.25) is 0 Å². The highest BCUT2D eigenvalue weighted by Gasteiger charge is 2.08. The zero-order chi connectivity index (χ0) is 15.1. The Morgan fingerprint density at radius 1 is 1.05 bits per heavy atom. The molecule has 0 spiro atoms. The lowest BCUT2D eigenvalue weighted by Gasteiger charge is -2.12. The zero-order valence-electron chi connectivity index (χ0n) is 12.3. The number of hydrogen-bond donors (Lipinski definition) is 1. The summed E-state index contributed by atoms with van der Waals surface area (Å²) in [5, 5.41) is 10.3. The first kappa shape index (κ1) is 16.1. The van der Waals surface area contributed by atoms with Gasteiger partial charge in [0.05, 0.1) is 12.7 Å². The molecular formula is C18H21BrO2. The summed E-state index contributed by atoms with van der Waals surface area (Å²) < 4.78 is 6.68. The Balaban J connectivity index is 1.93. The molecule has 2 aromatic rings. The van der Waals surface area contributed by atoms with Gasteiger partial charge in [0.15, 0.2) is 0 Å². The fourth-order valence-corrected chi connectivity index (χ4v) is 2.35. The molecule has 2 aromatic carbocycles. The summed E-state index contributed by atoms with van der Waals surface area (Å²) in [7, 11) is 0. The maximum Gasteiger partial charge on any atom is 0.119 e. The Labute approximate surface area is 134 Å². The van der Waals surface area contributed by atoms with Crippen LogP contribution in [0, 0.1) is 0 Å². The third-order valence-electron chi connectivity index (χ3n) is 3.37. The average Bonchev–Trinajstić information content (AvgIpc) is 2.50. The molecular weight excluding hydrogens is 328 g/mol. The zero-order valence-corrected chi connectivity index (χ0v) is 13.8. The van der Waals surface area contributed by atoms with Gasteiger partial charge in [0, 0.05) is 10.9 Å². The van der Waals surface area contributed by atoms with Crippen LogP contribution in [0.5, 0.6) is 5.75 Å². The lowest BCUT2D eigenvalue weighted by Crippen LogP contribution is -2.02. The van der Waals surface area contributed by atoms with E-state index in [1.54, 1.807) is 0 Å². The molecule has 0 fully saturated rings. The smallest absolute Gasteiger partial charge is 0.119 e. The van der Waals surface area contributed by atoms with Gasteiger partial charge in [-0.25, -0.2) is 0 Å². The van der Waals surface area contributed by atoms with Crippen molar-refractivity contribution in [2.24, 2.45) is 0 Å². The van der Waals surface area contributed by atoms with Crippen molar-refractivity contribution in [3.63, 3.8) is 0 Å². The first-order valence-electron chi connectivity index (χ1n) is 7.34. The van der Waals surface area contributed by atoms with Crippen molar-refractivity contribution in [2.45, 2.75) is 32.3 Å². The molecule has 1 atom stereocenters. The number of benzene rings is 2. The van der Waals surface area contributed by atoms with Gasteiger partial charge in [0.1, 0.15) is 5.75 Å². The minimum absolute atomic E-state index is 0.490. The largest absolute Gasteiger partial charge is 0.494 e. The van der Waals surface area contributed by atoms with E-state index in [1.807, 2.05) is 48.5 Å². The van der Waals surface area contributed by atoms with Crippen LogP contribution in [0.2, 0.25) is 0 Å². The van der Waals surface area contributed by atoms with E-state index in [1.165, 1.54) is 0 Å². The lowest BCUT2D eigenvalue weighted by molar-refractivity contribution is 0.178. The molecule has 0 aliphatic carbocycles. The van der Waals surface area contributed by atoms with Crippen LogP contribution in [0.25, 0.3) is 0 Å². The summed E-state index contributed by atoms with van der Waals surface area (Å²) in [6.45, 7) is 2.89. The van der Waals surface area contributed by atoms with Crippen LogP contribution >= 0.6 is 15.9 Å². The van der Waals surface area contributed by atoms with E-state index in [0.717, 1.165) is 40.8 Å². The van der Waals surface area contributed by atoms with Gasteiger partial charge in [-0.1, -0.05) is 53.5 Å². The van der Waals surface area contributed by atoms with E-state index in [-0.39, 0.29) is 0 Å². The molecule has 2 nitrogen and oxygen atoms in total. The summed E-state index contributed by atoms with van der Waals surface area (Å²) in [5.41, 5.74) is 2.04. The standard InChI is InChI=1S/C18H21BrO2/c1-2-3-12-21-17-10-6-15(7-11-17)18(20)13-14-4-8-16(19)9-5-14/h4-11,18,20H,2-3,12-13H2,1H3. The van der Waals surface area contributed by atoms with E-state index >= 15 is 0 Å². The molecule has 0 bridgehead atoms. The molecule has 0 saturated carbocycles. The van der Waals surface area contributed by atoms with Gasteiger partial charge in [-0.2, -0.15) is 0 Å². The van der Waals surface area contributed by atoms with Crippen LogP contribution < -0.4 is 4.74 Å². The van der Waals surface area contributed by atoms with E-state index < -0.39 is 6.10 Å². The molecule has 1 N–H and O–H groups in total. The van der Waals surface area contributed by atoms with Gasteiger partial charge < -0.3 is 9.84 Å². The molecule has 21 heavy (non-hydrogen) atoms. The van der Waals surface area contributed by atoms with Crippen molar-refractivity contribution in [3.05, 3.63) is 64.1 Å². The number of hydrogen-bond acceptors (Lipinski definition) is 2. The molecule has 0 amide bonds. The summed E-state index contributed by atoms with van der Waals surface area (Å²) in [5.74, 6) is 0.864. The monoisotopic (exact) mass is 348 g/mol. The molecule has 1 unspecified atom stereocenters. The Morgan fingerprint density at radius 3 is 2.33 bits per heavy atom. The Hall–Kier alpha value is -1.32. The molecule has 3 heteroatoms. The van der Waals surface area contributed by atoms with E-state index in [4.69, 9.17) is 4.74 Å². The minimum atomic E-state index is -0.490. The molecule has 0 heterocycles. The Kier molecular flexibility index (Phi) is 6.27. The van der Waals surface area contributed by atoms with Gasteiger partial charge in [-0.3, -0.25) is 0 Å². The maximum absolute atomic E-state index is 10.3.